The molecule has 5 aromatic carbocycles. The number of carboxylic acid groups (broad SMARTS) is 1. The second-order valence-electron chi connectivity index (χ2n) is 28.8. The number of aromatic hydroxyl groups is 3. The number of nitrogens with one attached hydrogen (secondary N) is 8. The molecule has 8 aliphatic rings. The maximum absolute atomic E-state index is 16.2. The van der Waals surface area contributed by atoms with Gasteiger partial charge in [0.2, 0.25) is 53.4 Å². The number of hydrogen-bond acceptors (Lipinski definition) is 26. The van der Waals surface area contributed by atoms with Crippen molar-refractivity contribution in [1.82, 2.24) is 42.5 Å². The molecule has 0 spiro atoms. The van der Waals surface area contributed by atoms with E-state index in [0.29, 0.717) is 6.42 Å². The lowest BCUT2D eigenvalue weighted by atomic mass is 9.85. The van der Waals surface area contributed by atoms with Gasteiger partial charge in [-0.3, -0.25) is 33.6 Å². The highest BCUT2D eigenvalue weighted by Crippen LogP contribution is 2.50. The average molecular weight is 1600 g/mol. The maximum Gasteiger partial charge on any atom is 0.408 e. The fourth-order valence-electron chi connectivity index (χ4n) is 14.2. The number of allylic oxidation sites excluding steroid dienone is 1. The third-order valence-corrected chi connectivity index (χ3v) is 20.7. The zero-order valence-electron chi connectivity index (χ0n) is 60.8. The second-order valence-corrected chi connectivity index (χ2v) is 29.6. The Morgan fingerprint density at radius 2 is 1.36 bits per heavy atom. The summed E-state index contributed by atoms with van der Waals surface area (Å²) >= 11 is 14.2. The van der Waals surface area contributed by atoms with Crippen LogP contribution in [0.4, 0.5) is 4.79 Å². The number of carbonyl (C=O) groups is 9. The van der Waals surface area contributed by atoms with Gasteiger partial charge in [0.25, 0.3) is 0 Å². The van der Waals surface area contributed by atoms with Gasteiger partial charge in [-0.2, -0.15) is 0 Å². The molecule has 35 nitrogen and oxygen atoms in total. The lowest BCUT2D eigenvalue weighted by Crippen LogP contribution is -2.66. The van der Waals surface area contributed by atoms with Crippen LogP contribution in [0.15, 0.2) is 91.0 Å². The number of amides is 8. The molecular weight excluding hydrogens is 1510 g/mol. The molecule has 11 bridgehead atoms. The van der Waals surface area contributed by atoms with Gasteiger partial charge in [-0.1, -0.05) is 67.7 Å². The highest BCUT2D eigenvalue weighted by Gasteiger charge is 2.53. The molecule has 2 saturated heterocycles. The summed E-state index contributed by atoms with van der Waals surface area (Å²) in [5, 5.41) is 135. The van der Waals surface area contributed by atoms with E-state index in [9.17, 15) is 79.8 Å². The first-order valence-corrected chi connectivity index (χ1v) is 36.7. The molecule has 20 N–H and O–H groups in total. The first kappa shape index (κ1) is 82.8. The van der Waals surface area contributed by atoms with Crippen molar-refractivity contribution in [2.75, 3.05) is 13.7 Å². The Hall–Kier alpha value is -10.1. The molecule has 0 radical (unpaired) electrons. The van der Waals surface area contributed by atoms with E-state index in [-0.39, 0.29) is 39.8 Å². The molecule has 19 atom stereocenters. The predicted molar refractivity (Wildman–Crippen MR) is 391 cm³/mol. The molecule has 8 amide bonds. The molecule has 1 unspecified atom stereocenters. The number of ether oxygens (including phenoxy) is 7. The Morgan fingerprint density at radius 1 is 0.714 bits per heavy atom. The van der Waals surface area contributed by atoms with Crippen molar-refractivity contribution in [3.8, 4) is 57.1 Å². The fraction of sp³-hybridized carbons (Fsp3) is 0.453. The minimum atomic E-state index is -2.38. The number of carbonyl (C=O) groups excluding carboxylic acids is 8. The van der Waals surface area contributed by atoms with Crippen molar-refractivity contribution in [2.24, 2.45) is 11.7 Å². The van der Waals surface area contributed by atoms with Crippen LogP contribution in [0.5, 0.6) is 46.0 Å². The normalized spacial score (nSPS) is 29.4. The molecular formula is C75H87Cl2N9O26. The lowest BCUT2D eigenvalue weighted by molar-refractivity contribution is -0.334. The van der Waals surface area contributed by atoms with E-state index >= 15 is 14.4 Å². The highest BCUT2D eigenvalue weighted by atomic mass is 35.5. The van der Waals surface area contributed by atoms with E-state index in [2.05, 4.69) is 42.5 Å². The van der Waals surface area contributed by atoms with E-state index in [0.717, 1.165) is 92.4 Å². The number of aliphatic hydroxyl groups excluding tert-OH is 6. The Labute approximate surface area is 649 Å². The molecule has 112 heavy (non-hydrogen) atoms. The van der Waals surface area contributed by atoms with Crippen LogP contribution < -0.4 is 62.5 Å². The molecule has 7 aliphatic heterocycles. The molecule has 0 aromatic heterocycles. The Balaban J connectivity index is 1.12. The molecule has 0 saturated carbocycles. The summed E-state index contributed by atoms with van der Waals surface area (Å²) in [6.45, 7) is 5.56. The van der Waals surface area contributed by atoms with Gasteiger partial charge in [0.05, 0.1) is 40.8 Å². The highest BCUT2D eigenvalue weighted by molar-refractivity contribution is 6.32. The number of aliphatic hydroxyl groups is 6. The summed E-state index contributed by atoms with van der Waals surface area (Å²) in [6.07, 6.45) is -13.6. The van der Waals surface area contributed by atoms with Gasteiger partial charge in [-0.15, -0.1) is 0 Å². The number of likely N-dealkylation sites (N-methyl/N-ethyl adjacent to an activating group) is 1. The number of benzene rings is 5. The van der Waals surface area contributed by atoms with Gasteiger partial charge in [0.1, 0.15) is 102 Å². The van der Waals surface area contributed by atoms with Crippen molar-refractivity contribution in [3.05, 3.63) is 129 Å². The van der Waals surface area contributed by atoms with Crippen LogP contribution >= 0.6 is 23.2 Å². The van der Waals surface area contributed by atoms with Crippen LogP contribution in [0, 0.1) is 5.92 Å². The van der Waals surface area contributed by atoms with Gasteiger partial charge < -0.3 is 132 Å². The molecule has 13 rings (SSSR count). The van der Waals surface area contributed by atoms with Crippen LogP contribution in [-0.2, 0) is 57.3 Å². The molecule has 5 aromatic rings. The van der Waals surface area contributed by atoms with Crippen molar-refractivity contribution < 1.29 is 127 Å². The standard InChI is InChI=1S/C75H87Cl2N9O26/c1-30(2)19-42(79-5)66(97)84-57-59(92)33-14-17-46(40(76)21-33)108-48-23-35-24-49(63(48)112-73-64(62(95)61(94)50(29-87)110-73)111-52-28-75(4,65(96)31(3)106-52)86-74(105)107-37-11-9-7-6-8-10-12-37)109-47-18-15-34(22-41(47)77)60(93)58-71(102)83-56(72(103)104)39-25-36(88)26-45(90)53(39)38-20-32(13-16-44(38)89)54(68(99)85-58)82-69(100)55(35)81-67(98)43(27-51(78)91)80-70(57)101/h9,11,13-18,20-26,30-31,37,42-43,50,52,54-62,64-65,73,79,87-90,92-96H,6-8,10,12,19,27-29H2,1-5H3,(H2,78,91)(H,80,101)(H,81,98)(H,82,100)(H,83,102)(H,84,97)(H,85,99)(H,86,105)(H,103,104)/b11-9+/t31-,37?,42+,43-,50+,52-,54+,55+,56-,57+,58-,59+,60+,61+,62-,64+,65+,73-,75-/m0/s1. The summed E-state index contributed by atoms with van der Waals surface area (Å²) in [5.41, 5.74) is 1.21. The van der Waals surface area contributed by atoms with Gasteiger partial charge in [0.15, 0.2) is 29.9 Å². The smallest absolute Gasteiger partial charge is 0.408 e. The van der Waals surface area contributed by atoms with E-state index in [1.165, 1.54) is 33.0 Å². The summed E-state index contributed by atoms with van der Waals surface area (Å²) in [5.74, 6) is -16.3. The zero-order chi connectivity index (χ0) is 81.1. The number of carboxylic acids is 1. The van der Waals surface area contributed by atoms with Gasteiger partial charge >= 0.3 is 12.1 Å². The minimum Gasteiger partial charge on any atom is -0.508 e. The van der Waals surface area contributed by atoms with Crippen LogP contribution in [0.2, 0.25) is 10.0 Å². The van der Waals surface area contributed by atoms with E-state index in [1.54, 1.807) is 6.08 Å². The first-order chi connectivity index (χ1) is 53.1. The summed E-state index contributed by atoms with van der Waals surface area (Å²) < 4.78 is 44.8. The van der Waals surface area contributed by atoms with Crippen LogP contribution in [0.3, 0.4) is 0 Å². The summed E-state index contributed by atoms with van der Waals surface area (Å²) in [7, 11) is 1.47. The van der Waals surface area contributed by atoms with Crippen molar-refractivity contribution in [2.45, 2.75) is 194 Å². The minimum absolute atomic E-state index is 0.112. The topological polar surface area (TPSA) is 543 Å². The zero-order valence-corrected chi connectivity index (χ0v) is 62.3. The van der Waals surface area contributed by atoms with Gasteiger partial charge in [-0.05, 0) is 142 Å². The van der Waals surface area contributed by atoms with Crippen molar-refractivity contribution >= 4 is 76.6 Å². The quantitative estimate of drug-likeness (QED) is 0.0670. The maximum atomic E-state index is 16.2. The second kappa shape index (κ2) is 34.9. The Bertz CT molecular complexity index is 4480. The molecule has 7 heterocycles. The van der Waals surface area contributed by atoms with E-state index in [4.69, 9.17) is 62.1 Å². The third kappa shape index (κ3) is 18.3. The van der Waals surface area contributed by atoms with Crippen molar-refractivity contribution in [1.29, 1.82) is 0 Å². The first-order valence-electron chi connectivity index (χ1n) is 36.0. The van der Waals surface area contributed by atoms with Gasteiger partial charge in [0, 0.05) is 29.2 Å². The number of fused-ring (bicyclic) bond motifs is 15. The van der Waals surface area contributed by atoms with Gasteiger partial charge in [-0.25, -0.2) is 9.59 Å². The number of primary amides is 1. The van der Waals surface area contributed by atoms with Crippen LogP contribution in [0.1, 0.15) is 137 Å². The molecule has 2 fully saturated rings. The average Bonchev–Trinajstić information content (AvgIpc) is 0.842. The molecule has 602 valence electrons. The fourth-order valence-corrected chi connectivity index (χ4v) is 14.7. The number of phenols is 3. The van der Waals surface area contributed by atoms with E-state index < -0.39 is 256 Å². The predicted octanol–water partition coefficient (Wildman–Crippen LogP) is 2.76. The summed E-state index contributed by atoms with van der Waals surface area (Å²) in [4.78, 5) is 131. The molecule has 1 aliphatic carbocycles. The Morgan fingerprint density at radius 3 is 1.99 bits per heavy atom. The number of hydrogen-bond donors (Lipinski definition) is 19. The third-order valence-electron chi connectivity index (χ3n) is 20.1. The lowest BCUT2D eigenvalue weighted by Gasteiger charge is -2.48. The van der Waals surface area contributed by atoms with Crippen LogP contribution in [-0.4, -0.2) is 203 Å². The van der Waals surface area contributed by atoms with Crippen LogP contribution in [0.25, 0.3) is 11.1 Å². The monoisotopic (exact) mass is 1600 g/mol. The number of aliphatic carboxylic acids is 1. The summed E-state index contributed by atoms with van der Waals surface area (Å²) in [6, 6.07) is -0.928. The number of alkyl carbamates (subject to hydrolysis) is 1. The number of rotatable bonds is 15. The number of nitrogens with two attached hydrogens (primary N) is 1. The van der Waals surface area contributed by atoms with Crippen molar-refractivity contribution in [3.63, 3.8) is 0 Å². The number of halogens is 2. The SMILES string of the molecule is CN[C@H](CC(C)C)C(=O)N[C@H]1C(=O)N[C@@H](CC(N)=O)C(=O)N[C@H]2C(=O)N[C@H]3C(=O)N[C@H](C(=O)N[C@H](C(=O)O)c4cc(O)cc(O)c4-c4cc3ccc4O)[C@H](O)c3ccc(c(Cl)c3)Oc3cc2cc(c3O[C@@H]2O[C@H](CO)[C@@H](O)[C@H](O)[C@H]2O[C@H]2C[C@](C)(NC(=O)OC3/C=C/CCCCC3)[C@H](O)[C@H](C)O2)Oc2ccc(cc2Cl)[C@H]1O. The molecule has 37 heteroatoms. The van der Waals surface area contributed by atoms with E-state index in [1.807, 2.05) is 19.9 Å². The Kier molecular flexibility index (Phi) is 25.8. The number of phenolic OH excluding ortho intramolecular Hbond substituents is 3. The largest absolute Gasteiger partial charge is 0.508 e.